The van der Waals surface area contributed by atoms with Crippen LogP contribution < -0.4 is 0 Å². The zero-order chi connectivity index (χ0) is 20.9. The average Bonchev–Trinajstić information content (AvgIpc) is 3.43. The van der Waals surface area contributed by atoms with Crippen LogP contribution >= 0.6 is 0 Å². The Morgan fingerprint density at radius 2 is 1.80 bits per heavy atom. The summed E-state index contributed by atoms with van der Waals surface area (Å²) >= 11 is 0. The fourth-order valence-corrected chi connectivity index (χ4v) is 9.08. The van der Waals surface area contributed by atoms with E-state index in [2.05, 4.69) is 13.8 Å². The summed E-state index contributed by atoms with van der Waals surface area (Å²) < 4.78 is 10.7. The summed E-state index contributed by atoms with van der Waals surface area (Å²) in [4.78, 5) is 11.7. The minimum Gasteiger partial charge on any atom is -0.458 e. The van der Waals surface area contributed by atoms with Crippen molar-refractivity contribution in [2.24, 2.45) is 34.5 Å². The number of carbonyl (C=O) groups is 1. The van der Waals surface area contributed by atoms with Crippen LogP contribution in [0.2, 0.25) is 0 Å². The molecule has 2 N–H and O–H groups in total. The van der Waals surface area contributed by atoms with Crippen LogP contribution in [-0.4, -0.2) is 46.7 Å². The number of fused-ring (bicyclic) bond motifs is 5. The third-order valence-electron chi connectivity index (χ3n) is 11.0. The quantitative estimate of drug-likeness (QED) is 0.533. The average molecular weight is 417 g/mol. The first-order chi connectivity index (χ1) is 14.2. The van der Waals surface area contributed by atoms with Crippen LogP contribution in [0.25, 0.3) is 0 Å². The highest BCUT2D eigenvalue weighted by Gasteiger charge is 2.68. The van der Waals surface area contributed by atoms with Gasteiger partial charge < -0.3 is 19.7 Å². The first kappa shape index (κ1) is 19.8. The molecular weight excluding hydrogens is 380 g/mol. The second-order valence-corrected chi connectivity index (χ2v) is 11.9. The van der Waals surface area contributed by atoms with Gasteiger partial charge in [0.15, 0.2) is 0 Å². The lowest BCUT2D eigenvalue weighted by Gasteiger charge is -2.64. The molecule has 2 heterocycles. The number of cyclic esters (lactones) is 1. The lowest BCUT2D eigenvalue weighted by atomic mass is 9.42. The summed E-state index contributed by atoms with van der Waals surface area (Å²) in [5.74, 6) is 1.40. The molecule has 30 heavy (non-hydrogen) atoms. The van der Waals surface area contributed by atoms with Crippen molar-refractivity contribution in [3.05, 3.63) is 11.6 Å². The van der Waals surface area contributed by atoms with Gasteiger partial charge in [0.05, 0.1) is 17.8 Å². The Labute approximate surface area is 179 Å². The fraction of sp³-hybridized carbons (Fsp3) is 0.880. The summed E-state index contributed by atoms with van der Waals surface area (Å²) in [7, 11) is 0. The topological polar surface area (TPSA) is 79.3 Å². The molecule has 0 radical (unpaired) electrons. The van der Waals surface area contributed by atoms with E-state index in [0.29, 0.717) is 31.0 Å². The summed E-state index contributed by atoms with van der Waals surface area (Å²) in [6.45, 7) is 5.85. The third-order valence-corrected chi connectivity index (χ3v) is 11.0. The second-order valence-electron chi connectivity index (χ2n) is 11.9. The van der Waals surface area contributed by atoms with Gasteiger partial charge in [-0.25, -0.2) is 4.79 Å². The van der Waals surface area contributed by atoms with E-state index < -0.39 is 11.2 Å². The number of ether oxygens (including phenoxy) is 2. The van der Waals surface area contributed by atoms with Crippen LogP contribution in [0.1, 0.15) is 71.6 Å². The highest BCUT2D eigenvalue weighted by Crippen LogP contribution is 2.70. The minimum atomic E-state index is -0.658. The lowest BCUT2D eigenvalue weighted by Crippen LogP contribution is -2.63. The zero-order valence-corrected chi connectivity index (χ0v) is 18.4. The monoisotopic (exact) mass is 416 g/mol. The zero-order valence-electron chi connectivity index (χ0n) is 18.4. The van der Waals surface area contributed by atoms with Crippen molar-refractivity contribution in [1.29, 1.82) is 0 Å². The van der Waals surface area contributed by atoms with Crippen molar-refractivity contribution in [3.63, 3.8) is 0 Å². The minimum absolute atomic E-state index is 0.0545. The van der Waals surface area contributed by atoms with Crippen molar-refractivity contribution >= 4 is 5.97 Å². The Morgan fingerprint density at radius 1 is 1.00 bits per heavy atom. The van der Waals surface area contributed by atoms with E-state index in [9.17, 15) is 15.0 Å². The highest BCUT2D eigenvalue weighted by atomic mass is 16.6. The molecule has 5 nitrogen and oxygen atoms in total. The number of hydrogen-bond acceptors (Lipinski definition) is 5. The van der Waals surface area contributed by atoms with Gasteiger partial charge in [-0.1, -0.05) is 13.8 Å². The van der Waals surface area contributed by atoms with Crippen LogP contribution in [0.5, 0.6) is 0 Å². The number of carbonyl (C=O) groups excluding carboxylic acids is 1. The molecule has 9 atom stereocenters. The van der Waals surface area contributed by atoms with Crippen molar-refractivity contribution in [1.82, 2.24) is 0 Å². The number of hydrogen-bond donors (Lipinski definition) is 2. The molecule has 166 valence electrons. The van der Waals surface area contributed by atoms with Gasteiger partial charge in [-0.05, 0) is 92.4 Å². The van der Waals surface area contributed by atoms with E-state index >= 15 is 0 Å². The molecule has 5 fully saturated rings. The Kier molecular flexibility index (Phi) is 4.02. The van der Waals surface area contributed by atoms with Crippen LogP contribution in [0.15, 0.2) is 11.6 Å². The van der Waals surface area contributed by atoms with Gasteiger partial charge in [0.25, 0.3) is 0 Å². The number of aliphatic hydroxyl groups is 2. The smallest absolute Gasteiger partial charge is 0.331 e. The highest BCUT2D eigenvalue weighted by molar-refractivity contribution is 5.85. The molecule has 6 aliphatic rings. The number of epoxide rings is 1. The van der Waals surface area contributed by atoms with E-state index in [4.69, 9.17) is 9.47 Å². The molecule has 0 aromatic heterocycles. The number of esters is 1. The van der Waals surface area contributed by atoms with Gasteiger partial charge in [0.2, 0.25) is 0 Å². The molecule has 0 amide bonds. The van der Waals surface area contributed by atoms with Gasteiger partial charge in [-0.3, -0.25) is 0 Å². The SMILES string of the molecule is C[C@]12CC[C@](O)(C3CO3)C[C@H]1CC[C@@H]1[C@@H]2CC[C@]2(C)[C@@H](C3=CC(=O)OC3)CC[C@]12O. The second kappa shape index (κ2) is 6.11. The van der Waals surface area contributed by atoms with Gasteiger partial charge >= 0.3 is 5.97 Å². The number of rotatable bonds is 2. The van der Waals surface area contributed by atoms with E-state index in [0.717, 1.165) is 63.4 Å². The maximum atomic E-state index is 12.2. The van der Waals surface area contributed by atoms with E-state index in [1.807, 2.05) is 0 Å². The van der Waals surface area contributed by atoms with Gasteiger partial charge in [-0.2, -0.15) is 0 Å². The lowest BCUT2D eigenvalue weighted by molar-refractivity contribution is -0.216. The summed E-state index contributed by atoms with van der Waals surface area (Å²) in [5.41, 5.74) is -0.158. The molecule has 1 saturated heterocycles. The van der Waals surface area contributed by atoms with Crippen molar-refractivity contribution in [2.75, 3.05) is 13.2 Å². The van der Waals surface area contributed by atoms with E-state index in [1.54, 1.807) is 6.08 Å². The first-order valence-electron chi connectivity index (χ1n) is 12.1. The van der Waals surface area contributed by atoms with Crippen LogP contribution in [0, 0.1) is 34.5 Å². The fourth-order valence-electron chi connectivity index (χ4n) is 9.08. The Bertz CT molecular complexity index is 803. The Morgan fingerprint density at radius 3 is 2.50 bits per heavy atom. The predicted molar refractivity (Wildman–Crippen MR) is 110 cm³/mol. The largest absolute Gasteiger partial charge is 0.458 e. The molecule has 0 bridgehead atoms. The standard InChI is InChI=1S/C25H36O5/c1-22-9-10-24(27,20-14-29-20)12-16(22)3-4-19-18(22)5-7-23(2)17(6-8-25(19,23)28)15-11-21(26)30-13-15/h11,16-20,27-28H,3-10,12-14H2,1-2H3/t16-,17-,18+,19-,20?,22+,23-,24-,25+/m1/s1. The molecule has 6 rings (SSSR count). The van der Waals surface area contributed by atoms with Crippen LogP contribution in [-0.2, 0) is 14.3 Å². The molecule has 4 saturated carbocycles. The van der Waals surface area contributed by atoms with Crippen LogP contribution in [0.4, 0.5) is 0 Å². The molecule has 0 spiro atoms. The molecular formula is C25H36O5. The predicted octanol–water partition coefficient (Wildman–Crippen LogP) is 3.37. The van der Waals surface area contributed by atoms with Gasteiger partial charge in [-0.15, -0.1) is 0 Å². The normalized spacial score (nSPS) is 57.1. The maximum absolute atomic E-state index is 12.2. The summed E-state index contributed by atoms with van der Waals surface area (Å²) in [5, 5.41) is 23.4. The maximum Gasteiger partial charge on any atom is 0.331 e. The van der Waals surface area contributed by atoms with Gasteiger partial charge in [0.1, 0.15) is 12.7 Å². The molecule has 1 unspecified atom stereocenters. The van der Waals surface area contributed by atoms with E-state index in [1.165, 1.54) is 0 Å². The van der Waals surface area contributed by atoms with Crippen molar-refractivity contribution in [3.8, 4) is 0 Å². The van der Waals surface area contributed by atoms with Crippen LogP contribution in [0.3, 0.4) is 0 Å². The Hall–Kier alpha value is -0.910. The summed E-state index contributed by atoms with van der Waals surface area (Å²) in [6.07, 6.45) is 10.6. The summed E-state index contributed by atoms with van der Waals surface area (Å²) in [6, 6.07) is 0. The first-order valence-corrected chi connectivity index (χ1v) is 12.1. The molecule has 0 aromatic carbocycles. The molecule has 4 aliphatic carbocycles. The molecule has 2 aliphatic heterocycles. The molecule has 5 heteroatoms. The van der Waals surface area contributed by atoms with Crippen molar-refractivity contribution < 1.29 is 24.5 Å². The Balaban J connectivity index is 1.29. The molecule has 0 aromatic rings. The van der Waals surface area contributed by atoms with E-state index in [-0.39, 0.29) is 28.8 Å². The van der Waals surface area contributed by atoms with Gasteiger partial charge in [0, 0.05) is 11.5 Å². The third kappa shape index (κ3) is 2.43. The van der Waals surface area contributed by atoms with Crippen molar-refractivity contribution in [2.45, 2.75) is 88.9 Å².